The molecule has 1 aliphatic heterocycles. The molecule has 2 N–H and O–H groups in total. The molecule has 0 aliphatic carbocycles. The zero-order chi connectivity index (χ0) is 25.6. The third-order valence-corrected chi connectivity index (χ3v) is 7.55. The van der Waals surface area contributed by atoms with Gasteiger partial charge in [0.2, 0.25) is 0 Å². The van der Waals surface area contributed by atoms with E-state index >= 15 is 0 Å². The van der Waals surface area contributed by atoms with Crippen LogP contribution in [0.3, 0.4) is 0 Å². The Morgan fingerprint density at radius 2 is 1.84 bits per heavy atom. The van der Waals surface area contributed by atoms with Gasteiger partial charge in [0.15, 0.2) is 11.5 Å². The largest absolute Gasteiger partial charge is 0.493 e. The standard InChI is InChI=1S/C28H32N4O4S/c1-34-24-9-8-22(14-25(24)35-2)36-16-21(33)15-32(20-10-12-29-13-11-20)27-26-23(19-6-4-3-5-7-19)17-37-28(26)31-18-30-27/h3-9,14,17-18,20-21,29,33H,10-13,15-16H2,1-2H3. The number of piperidine rings is 1. The highest BCUT2D eigenvalue weighted by atomic mass is 32.1. The van der Waals surface area contributed by atoms with Crippen LogP contribution in [0.4, 0.5) is 5.82 Å². The number of aromatic nitrogens is 2. The number of nitrogens with one attached hydrogen (secondary N) is 1. The van der Waals surface area contributed by atoms with Crippen LogP contribution in [0.1, 0.15) is 12.8 Å². The fourth-order valence-electron chi connectivity index (χ4n) is 4.81. The summed E-state index contributed by atoms with van der Waals surface area (Å²) in [6.45, 7) is 2.40. The number of fused-ring (bicyclic) bond motifs is 1. The van der Waals surface area contributed by atoms with E-state index in [9.17, 15) is 5.11 Å². The Morgan fingerprint density at radius 1 is 1.05 bits per heavy atom. The minimum atomic E-state index is -0.730. The van der Waals surface area contributed by atoms with Crippen LogP contribution in [-0.2, 0) is 0 Å². The molecule has 0 saturated carbocycles. The van der Waals surface area contributed by atoms with Crippen LogP contribution in [0.15, 0.2) is 60.2 Å². The Labute approximate surface area is 220 Å². The van der Waals surface area contributed by atoms with E-state index in [1.54, 1.807) is 44.0 Å². The van der Waals surface area contributed by atoms with Crippen LogP contribution in [0, 0.1) is 0 Å². The summed E-state index contributed by atoms with van der Waals surface area (Å²) >= 11 is 1.62. The molecule has 9 heteroatoms. The first-order chi connectivity index (χ1) is 18.2. The molecule has 1 saturated heterocycles. The molecule has 0 amide bonds. The molecule has 4 aromatic rings. The zero-order valence-electron chi connectivity index (χ0n) is 21.1. The van der Waals surface area contributed by atoms with Gasteiger partial charge < -0.3 is 29.5 Å². The second-order valence-corrected chi connectivity index (χ2v) is 9.87. The van der Waals surface area contributed by atoms with Gasteiger partial charge in [-0.2, -0.15) is 0 Å². The SMILES string of the molecule is COc1ccc(OCC(O)CN(c2ncnc3scc(-c4ccccc4)c23)C2CCNCC2)cc1OC. The van der Waals surface area contributed by atoms with Crippen LogP contribution < -0.4 is 24.4 Å². The van der Waals surface area contributed by atoms with Crippen molar-refractivity contribution in [2.24, 2.45) is 0 Å². The molecule has 2 aromatic heterocycles. The molecular weight excluding hydrogens is 488 g/mol. The highest BCUT2D eigenvalue weighted by molar-refractivity contribution is 7.17. The molecule has 0 radical (unpaired) electrons. The summed E-state index contributed by atoms with van der Waals surface area (Å²) in [6, 6.07) is 15.9. The van der Waals surface area contributed by atoms with Gasteiger partial charge in [-0.15, -0.1) is 11.3 Å². The molecule has 194 valence electrons. The first-order valence-corrected chi connectivity index (χ1v) is 13.3. The van der Waals surface area contributed by atoms with E-state index in [0.717, 1.165) is 53.1 Å². The molecule has 37 heavy (non-hydrogen) atoms. The average Bonchev–Trinajstić information content (AvgIpc) is 3.40. The van der Waals surface area contributed by atoms with Crippen LogP contribution >= 0.6 is 11.3 Å². The maximum Gasteiger partial charge on any atom is 0.164 e. The topological polar surface area (TPSA) is 89.0 Å². The van der Waals surface area contributed by atoms with Gasteiger partial charge in [-0.3, -0.25) is 0 Å². The summed E-state index contributed by atoms with van der Waals surface area (Å²) < 4.78 is 16.6. The van der Waals surface area contributed by atoms with E-state index < -0.39 is 6.10 Å². The molecule has 0 spiro atoms. The molecule has 1 fully saturated rings. The second kappa shape index (κ2) is 11.8. The molecule has 1 atom stereocenters. The van der Waals surface area contributed by atoms with Gasteiger partial charge in [-0.05, 0) is 43.6 Å². The first-order valence-electron chi connectivity index (χ1n) is 12.5. The number of methoxy groups -OCH3 is 2. The molecule has 3 heterocycles. The van der Waals surface area contributed by atoms with Crippen molar-refractivity contribution < 1.29 is 19.3 Å². The second-order valence-electron chi connectivity index (χ2n) is 9.01. The van der Waals surface area contributed by atoms with Gasteiger partial charge in [0.25, 0.3) is 0 Å². The predicted octanol–water partition coefficient (Wildman–Crippen LogP) is 4.37. The Kier molecular flexibility index (Phi) is 8.03. The Bertz CT molecular complexity index is 1310. The van der Waals surface area contributed by atoms with E-state index in [1.165, 1.54) is 0 Å². The fourth-order valence-corrected chi connectivity index (χ4v) is 5.72. The molecule has 1 aliphatic rings. The van der Waals surface area contributed by atoms with Gasteiger partial charge in [0.1, 0.15) is 35.4 Å². The van der Waals surface area contributed by atoms with Gasteiger partial charge in [-0.25, -0.2) is 9.97 Å². The van der Waals surface area contributed by atoms with Crippen molar-refractivity contribution >= 4 is 27.4 Å². The van der Waals surface area contributed by atoms with Crippen LogP contribution in [-0.4, -0.2) is 67.7 Å². The summed E-state index contributed by atoms with van der Waals surface area (Å²) in [7, 11) is 3.18. The van der Waals surface area contributed by atoms with Crippen LogP contribution in [0.25, 0.3) is 21.3 Å². The molecule has 2 aromatic carbocycles. The lowest BCUT2D eigenvalue weighted by atomic mass is 10.0. The first kappa shape index (κ1) is 25.3. The van der Waals surface area contributed by atoms with E-state index in [1.807, 2.05) is 24.3 Å². The summed E-state index contributed by atoms with van der Waals surface area (Å²) in [5.74, 6) is 2.69. The lowest BCUT2D eigenvalue weighted by molar-refractivity contribution is 0.109. The highest BCUT2D eigenvalue weighted by Gasteiger charge is 2.28. The van der Waals surface area contributed by atoms with Crippen molar-refractivity contribution in [1.29, 1.82) is 0 Å². The summed E-state index contributed by atoms with van der Waals surface area (Å²) in [5, 5.41) is 17.8. The summed E-state index contributed by atoms with van der Waals surface area (Å²) in [6.07, 6.45) is 2.84. The summed E-state index contributed by atoms with van der Waals surface area (Å²) in [4.78, 5) is 12.5. The number of hydrogen-bond donors (Lipinski definition) is 2. The minimum Gasteiger partial charge on any atom is -0.493 e. The molecule has 5 rings (SSSR count). The smallest absolute Gasteiger partial charge is 0.164 e. The van der Waals surface area contributed by atoms with Gasteiger partial charge in [-0.1, -0.05) is 30.3 Å². The van der Waals surface area contributed by atoms with Crippen molar-refractivity contribution in [3.05, 3.63) is 60.2 Å². The lowest BCUT2D eigenvalue weighted by Crippen LogP contribution is -2.47. The maximum absolute atomic E-state index is 11.1. The van der Waals surface area contributed by atoms with E-state index in [4.69, 9.17) is 19.2 Å². The monoisotopic (exact) mass is 520 g/mol. The van der Waals surface area contributed by atoms with Crippen molar-refractivity contribution in [3.63, 3.8) is 0 Å². The highest BCUT2D eigenvalue weighted by Crippen LogP contribution is 2.39. The van der Waals surface area contributed by atoms with Gasteiger partial charge >= 0.3 is 0 Å². The normalized spacial score (nSPS) is 14.9. The number of aliphatic hydroxyl groups excluding tert-OH is 1. The van der Waals surface area contributed by atoms with Gasteiger partial charge in [0, 0.05) is 29.6 Å². The fraction of sp³-hybridized carbons (Fsp3) is 0.357. The van der Waals surface area contributed by atoms with Crippen LogP contribution in [0.5, 0.6) is 17.2 Å². The van der Waals surface area contributed by atoms with Crippen molar-refractivity contribution in [2.45, 2.75) is 25.0 Å². The maximum atomic E-state index is 11.1. The van der Waals surface area contributed by atoms with E-state index in [0.29, 0.717) is 23.8 Å². The number of benzene rings is 2. The minimum absolute atomic E-state index is 0.139. The quantitative estimate of drug-likeness (QED) is 0.319. The van der Waals surface area contributed by atoms with Gasteiger partial charge in [0.05, 0.1) is 19.6 Å². The van der Waals surface area contributed by atoms with E-state index in [2.05, 4.69) is 32.7 Å². The molecular formula is C28H32N4O4S. The van der Waals surface area contributed by atoms with Crippen LogP contribution in [0.2, 0.25) is 0 Å². The Morgan fingerprint density at radius 3 is 2.59 bits per heavy atom. The third-order valence-electron chi connectivity index (χ3n) is 6.66. The predicted molar refractivity (Wildman–Crippen MR) is 147 cm³/mol. The average molecular weight is 521 g/mol. The van der Waals surface area contributed by atoms with E-state index in [-0.39, 0.29) is 12.6 Å². The van der Waals surface area contributed by atoms with Crippen molar-refractivity contribution in [1.82, 2.24) is 15.3 Å². The zero-order valence-corrected chi connectivity index (χ0v) is 21.9. The Hall–Kier alpha value is -3.40. The Balaban J connectivity index is 1.42. The number of nitrogens with zero attached hydrogens (tertiary/aromatic N) is 3. The molecule has 0 bridgehead atoms. The number of aliphatic hydroxyl groups is 1. The number of anilines is 1. The van der Waals surface area contributed by atoms with Crippen molar-refractivity contribution in [3.8, 4) is 28.4 Å². The molecule has 8 nitrogen and oxygen atoms in total. The number of hydrogen-bond acceptors (Lipinski definition) is 9. The number of ether oxygens (including phenoxy) is 3. The summed E-state index contributed by atoms with van der Waals surface area (Å²) in [5.41, 5.74) is 2.25. The number of thiophene rings is 1. The lowest BCUT2D eigenvalue weighted by Gasteiger charge is -2.37. The van der Waals surface area contributed by atoms with Crippen molar-refractivity contribution in [2.75, 3.05) is 45.4 Å². The number of rotatable bonds is 10. The third kappa shape index (κ3) is 5.64. The molecule has 1 unspecified atom stereocenters.